The van der Waals surface area contributed by atoms with E-state index in [0.29, 0.717) is 0 Å². The fourth-order valence-corrected chi connectivity index (χ4v) is 5.64. The molecule has 0 saturated carbocycles. The van der Waals surface area contributed by atoms with Gasteiger partial charge in [0, 0.05) is 0 Å². The Morgan fingerprint density at radius 1 is 1.05 bits per heavy atom. The lowest BCUT2D eigenvalue weighted by atomic mass is 9.97. The molecule has 2 heterocycles. The molecule has 126 valence electrons. The third-order valence-corrected chi connectivity index (χ3v) is 9.72. The van der Waals surface area contributed by atoms with Gasteiger partial charge in [-0.25, -0.2) is 0 Å². The van der Waals surface area contributed by atoms with Gasteiger partial charge >= 0.3 is 0 Å². The van der Waals surface area contributed by atoms with E-state index in [2.05, 4.69) is 32.2 Å². The summed E-state index contributed by atoms with van der Waals surface area (Å²) in [6, 6.07) is 3.16. The van der Waals surface area contributed by atoms with Gasteiger partial charge in [0.25, 0.3) is 0 Å². The quantitative estimate of drug-likeness (QED) is 0.606. The molecule has 0 aromatic carbocycles. The Labute approximate surface area is 134 Å². The standard InChI is InChI=1S/C16H28O5Si/c1-6-22(7-2,8-3)10-9-16(11-17)13(18)12-14(21-16)20-15(4,5)19-12/h12-14,17-18H,6-8,11H2,1-5H3/t12-,13-,14+,16-/m1/s1. The van der Waals surface area contributed by atoms with Crippen LogP contribution in [-0.2, 0) is 14.2 Å². The summed E-state index contributed by atoms with van der Waals surface area (Å²) in [5.41, 5.74) is 2.09. The number of ether oxygens (including phenoxy) is 3. The summed E-state index contributed by atoms with van der Waals surface area (Å²) in [5.74, 6) is 2.28. The van der Waals surface area contributed by atoms with Crippen molar-refractivity contribution in [2.75, 3.05) is 6.61 Å². The molecule has 0 unspecified atom stereocenters. The van der Waals surface area contributed by atoms with E-state index >= 15 is 0 Å². The van der Waals surface area contributed by atoms with E-state index in [1.807, 2.05) is 0 Å². The number of rotatable bonds is 4. The monoisotopic (exact) mass is 328 g/mol. The predicted molar refractivity (Wildman–Crippen MR) is 85.7 cm³/mol. The minimum absolute atomic E-state index is 0.372. The molecule has 4 atom stereocenters. The Balaban J connectivity index is 2.26. The maximum atomic E-state index is 10.6. The van der Waals surface area contributed by atoms with Gasteiger partial charge in [0.1, 0.15) is 20.3 Å². The Kier molecular flexibility index (Phi) is 5.08. The van der Waals surface area contributed by atoms with Crippen molar-refractivity contribution in [3.63, 3.8) is 0 Å². The number of fused-ring (bicyclic) bond motifs is 1. The van der Waals surface area contributed by atoms with Crippen LogP contribution in [0.2, 0.25) is 18.1 Å². The van der Waals surface area contributed by atoms with E-state index in [9.17, 15) is 10.2 Å². The Bertz CT molecular complexity index is 457. The van der Waals surface area contributed by atoms with Crippen molar-refractivity contribution in [2.24, 2.45) is 0 Å². The van der Waals surface area contributed by atoms with Crippen LogP contribution in [0.25, 0.3) is 0 Å². The second-order valence-corrected chi connectivity index (χ2v) is 11.6. The molecule has 2 rings (SSSR count). The largest absolute Gasteiger partial charge is 0.392 e. The second-order valence-electron chi connectivity index (χ2n) is 6.67. The molecule has 0 aromatic rings. The zero-order valence-corrected chi connectivity index (χ0v) is 15.2. The first-order chi connectivity index (χ1) is 10.3. The van der Waals surface area contributed by atoms with E-state index in [0.717, 1.165) is 18.1 Å². The summed E-state index contributed by atoms with van der Waals surface area (Å²) in [4.78, 5) is 0. The molecule has 22 heavy (non-hydrogen) atoms. The third kappa shape index (κ3) is 2.98. The van der Waals surface area contributed by atoms with Gasteiger partial charge in [0.2, 0.25) is 0 Å². The van der Waals surface area contributed by atoms with Gasteiger partial charge in [-0.15, -0.1) is 5.54 Å². The first kappa shape index (κ1) is 17.9. The van der Waals surface area contributed by atoms with Crippen molar-refractivity contribution in [2.45, 2.75) is 82.6 Å². The first-order valence-electron chi connectivity index (χ1n) is 8.13. The summed E-state index contributed by atoms with van der Waals surface area (Å²) in [6.07, 6.45) is -2.32. The molecule has 5 nitrogen and oxygen atoms in total. The van der Waals surface area contributed by atoms with Crippen LogP contribution < -0.4 is 0 Å². The highest BCUT2D eigenvalue weighted by Crippen LogP contribution is 2.42. The Morgan fingerprint density at radius 2 is 1.64 bits per heavy atom. The lowest BCUT2D eigenvalue weighted by molar-refractivity contribution is -0.232. The van der Waals surface area contributed by atoms with E-state index in [1.165, 1.54) is 0 Å². The van der Waals surface area contributed by atoms with Gasteiger partial charge in [0.05, 0.1) is 6.61 Å². The summed E-state index contributed by atoms with van der Waals surface area (Å²) >= 11 is 0. The highest BCUT2D eigenvalue weighted by Gasteiger charge is 2.61. The summed E-state index contributed by atoms with van der Waals surface area (Å²) in [7, 11) is -1.69. The molecule has 0 aromatic heterocycles. The zero-order valence-electron chi connectivity index (χ0n) is 14.2. The fourth-order valence-electron chi connectivity index (χ4n) is 3.13. The van der Waals surface area contributed by atoms with Crippen LogP contribution in [0.1, 0.15) is 34.6 Å². The van der Waals surface area contributed by atoms with Crippen molar-refractivity contribution in [1.82, 2.24) is 0 Å². The fraction of sp³-hybridized carbons (Fsp3) is 0.875. The molecule has 0 radical (unpaired) electrons. The molecule has 0 aliphatic carbocycles. The second kappa shape index (κ2) is 6.23. The van der Waals surface area contributed by atoms with Crippen LogP contribution in [-0.4, -0.2) is 54.8 Å². The van der Waals surface area contributed by atoms with Crippen molar-refractivity contribution in [3.8, 4) is 11.5 Å². The molecule has 6 heteroatoms. The summed E-state index contributed by atoms with van der Waals surface area (Å²) < 4.78 is 17.1. The van der Waals surface area contributed by atoms with E-state index in [-0.39, 0.29) is 6.61 Å². The van der Waals surface area contributed by atoms with Crippen LogP contribution in [0.3, 0.4) is 0 Å². The smallest absolute Gasteiger partial charge is 0.192 e. The van der Waals surface area contributed by atoms with Crippen molar-refractivity contribution < 1.29 is 24.4 Å². The minimum Gasteiger partial charge on any atom is -0.392 e. The van der Waals surface area contributed by atoms with Gasteiger partial charge in [-0.3, -0.25) is 0 Å². The van der Waals surface area contributed by atoms with Gasteiger partial charge in [0.15, 0.2) is 17.7 Å². The molecule has 2 fully saturated rings. The first-order valence-corrected chi connectivity index (χ1v) is 10.8. The maximum Gasteiger partial charge on any atom is 0.192 e. The topological polar surface area (TPSA) is 68.2 Å². The van der Waals surface area contributed by atoms with Crippen molar-refractivity contribution in [3.05, 3.63) is 0 Å². The summed E-state index contributed by atoms with van der Waals surface area (Å²) in [6.45, 7) is 9.66. The minimum atomic E-state index is -1.69. The molecule has 2 aliphatic heterocycles. The number of aliphatic hydroxyl groups excluding tert-OH is 2. The van der Waals surface area contributed by atoms with E-state index < -0.39 is 38.0 Å². The normalized spacial score (nSPS) is 36.8. The number of aliphatic hydroxyl groups is 2. The van der Waals surface area contributed by atoms with Crippen LogP contribution >= 0.6 is 0 Å². The van der Waals surface area contributed by atoms with E-state index in [1.54, 1.807) is 13.8 Å². The Morgan fingerprint density at radius 3 is 2.09 bits per heavy atom. The van der Waals surface area contributed by atoms with Gasteiger partial charge < -0.3 is 24.4 Å². The molecular weight excluding hydrogens is 300 g/mol. The van der Waals surface area contributed by atoms with Crippen LogP contribution in [0.4, 0.5) is 0 Å². The van der Waals surface area contributed by atoms with E-state index in [4.69, 9.17) is 14.2 Å². The molecule has 0 amide bonds. The molecule has 2 N–H and O–H groups in total. The van der Waals surface area contributed by atoms with Gasteiger partial charge in [-0.2, -0.15) is 0 Å². The molecular formula is C16H28O5Si. The number of hydrogen-bond acceptors (Lipinski definition) is 5. The lowest BCUT2D eigenvalue weighted by Gasteiger charge is -2.29. The molecule has 2 aliphatic rings. The Hall–Kier alpha value is -0.423. The maximum absolute atomic E-state index is 10.6. The number of hydrogen-bond donors (Lipinski definition) is 2. The third-order valence-electron chi connectivity index (χ3n) is 5.01. The van der Waals surface area contributed by atoms with Crippen LogP contribution in [0.5, 0.6) is 0 Å². The summed E-state index contributed by atoms with van der Waals surface area (Å²) in [5, 5.41) is 20.4. The van der Waals surface area contributed by atoms with Gasteiger partial charge in [-0.1, -0.05) is 26.7 Å². The molecule has 0 bridgehead atoms. The zero-order chi connectivity index (χ0) is 16.6. The predicted octanol–water partition coefficient (Wildman–Crippen LogP) is 1.64. The average Bonchev–Trinajstić information content (AvgIpc) is 2.93. The highest BCUT2D eigenvalue weighted by atomic mass is 28.3. The van der Waals surface area contributed by atoms with Crippen molar-refractivity contribution >= 4 is 8.07 Å². The lowest BCUT2D eigenvalue weighted by Crippen LogP contribution is -2.47. The van der Waals surface area contributed by atoms with Crippen molar-refractivity contribution in [1.29, 1.82) is 0 Å². The van der Waals surface area contributed by atoms with Gasteiger partial charge in [-0.05, 0) is 32.0 Å². The average molecular weight is 328 g/mol. The molecule has 0 spiro atoms. The molecule has 2 saturated heterocycles. The van der Waals surface area contributed by atoms with Crippen LogP contribution in [0, 0.1) is 11.5 Å². The van der Waals surface area contributed by atoms with Crippen LogP contribution in [0.15, 0.2) is 0 Å². The SMILES string of the molecule is CC[Si](C#C[C@]1(CO)O[C@@H]2OC(C)(C)O[C@@H]2[C@H]1O)(CC)CC. The highest BCUT2D eigenvalue weighted by molar-refractivity contribution is 6.87.